The summed E-state index contributed by atoms with van der Waals surface area (Å²) in [6, 6.07) is 9.18. The first-order valence-electron chi connectivity index (χ1n) is 5.45. The van der Waals surface area contributed by atoms with E-state index in [1.165, 1.54) is 11.8 Å². The largest absolute Gasteiger partial charge is 0.288 e. The summed E-state index contributed by atoms with van der Waals surface area (Å²) in [5, 5.41) is 0.435. The van der Waals surface area contributed by atoms with Gasteiger partial charge in [0.05, 0.1) is 10.6 Å². The highest BCUT2D eigenvalue weighted by molar-refractivity contribution is 6.34. The van der Waals surface area contributed by atoms with Gasteiger partial charge in [0.15, 0.2) is 5.78 Å². The van der Waals surface area contributed by atoms with Crippen LogP contribution in [-0.2, 0) is 6.42 Å². The first-order chi connectivity index (χ1) is 8.22. The van der Waals surface area contributed by atoms with Crippen LogP contribution in [0.5, 0.6) is 0 Å². The zero-order valence-corrected chi connectivity index (χ0v) is 10.2. The minimum atomic E-state index is -0.0919. The molecule has 2 nitrogen and oxygen atoms in total. The highest BCUT2D eigenvalue weighted by Gasteiger charge is 2.12. The van der Waals surface area contributed by atoms with E-state index in [1.807, 2.05) is 24.3 Å². The maximum absolute atomic E-state index is 12.1. The minimum Gasteiger partial charge on any atom is -0.288 e. The fraction of sp³-hybridized carbons (Fsp3) is 0.143. The molecule has 0 aliphatic carbocycles. The normalized spacial score (nSPS) is 10.2. The molecule has 17 heavy (non-hydrogen) atoms. The maximum atomic E-state index is 12.1. The van der Waals surface area contributed by atoms with Gasteiger partial charge in [-0.25, -0.2) is 0 Å². The smallest absolute Gasteiger partial charge is 0.196 e. The molecule has 0 bridgehead atoms. The van der Waals surface area contributed by atoms with Gasteiger partial charge in [0.2, 0.25) is 0 Å². The zero-order chi connectivity index (χ0) is 12.3. The van der Waals surface area contributed by atoms with Gasteiger partial charge < -0.3 is 0 Å². The molecule has 2 aromatic rings. The number of aryl methyl sites for hydroxylation is 1. The van der Waals surface area contributed by atoms with Crippen LogP contribution in [0.1, 0.15) is 28.4 Å². The van der Waals surface area contributed by atoms with E-state index in [2.05, 4.69) is 11.9 Å². The molecule has 2 rings (SSSR count). The average molecular weight is 246 g/mol. The molecule has 1 aromatic carbocycles. The second-order valence-corrected chi connectivity index (χ2v) is 4.14. The number of nitrogens with zero attached hydrogens (tertiary/aromatic N) is 1. The number of carbonyl (C=O) groups excluding carboxylic acids is 1. The van der Waals surface area contributed by atoms with Crippen molar-refractivity contribution in [1.29, 1.82) is 0 Å². The lowest BCUT2D eigenvalue weighted by molar-refractivity contribution is 0.103. The lowest BCUT2D eigenvalue weighted by atomic mass is 10.0. The highest BCUT2D eigenvalue weighted by atomic mass is 35.5. The number of benzene rings is 1. The van der Waals surface area contributed by atoms with Gasteiger partial charge in [-0.05, 0) is 18.1 Å². The molecule has 0 fully saturated rings. The minimum absolute atomic E-state index is 0.0919. The van der Waals surface area contributed by atoms with Gasteiger partial charge in [-0.3, -0.25) is 9.78 Å². The van der Waals surface area contributed by atoms with Crippen LogP contribution in [0, 0.1) is 0 Å². The van der Waals surface area contributed by atoms with Gasteiger partial charge in [0, 0.05) is 18.0 Å². The third-order valence-electron chi connectivity index (χ3n) is 2.64. The number of aromatic nitrogens is 1. The molecule has 0 spiro atoms. The van der Waals surface area contributed by atoms with Gasteiger partial charge in [-0.1, -0.05) is 42.8 Å². The predicted molar refractivity (Wildman–Crippen MR) is 68.5 cm³/mol. The Balaban J connectivity index is 2.34. The Kier molecular flexibility index (Phi) is 3.55. The second kappa shape index (κ2) is 5.11. The summed E-state index contributed by atoms with van der Waals surface area (Å²) in [5.41, 5.74) is 2.29. The first-order valence-corrected chi connectivity index (χ1v) is 5.83. The van der Waals surface area contributed by atoms with Crippen LogP contribution in [0.15, 0.2) is 42.7 Å². The van der Waals surface area contributed by atoms with Gasteiger partial charge in [-0.15, -0.1) is 0 Å². The molecule has 0 aliphatic heterocycles. The van der Waals surface area contributed by atoms with Gasteiger partial charge >= 0.3 is 0 Å². The van der Waals surface area contributed by atoms with Gasteiger partial charge in [0.25, 0.3) is 0 Å². The molecule has 0 radical (unpaired) electrons. The van der Waals surface area contributed by atoms with E-state index in [-0.39, 0.29) is 5.78 Å². The molecule has 0 aliphatic rings. The fourth-order valence-electron chi connectivity index (χ4n) is 1.59. The summed E-state index contributed by atoms with van der Waals surface area (Å²) in [5.74, 6) is -0.0919. The van der Waals surface area contributed by atoms with E-state index in [9.17, 15) is 4.79 Å². The lowest BCUT2D eigenvalue weighted by Crippen LogP contribution is -2.02. The Hall–Kier alpha value is -1.67. The molecule has 1 aromatic heterocycles. The highest BCUT2D eigenvalue weighted by Crippen LogP contribution is 2.18. The van der Waals surface area contributed by atoms with Gasteiger partial charge in [-0.2, -0.15) is 0 Å². The van der Waals surface area contributed by atoms with E-state index in [4.69, 9.17) is 11.6 Å². The Labute approximate surface area is 105 Å². The Morgan fingerprint density at radius 2 is 1.94 bits per heavy atom. The van der Waals surface area contributed by atoms with Crippen molar-refractivity contribution in [2.45, 2.75) is 13.3 Å². The van der Waals surface area contributed by atoms with Crippen molar-refractivity contribution in [2.75, 3.05) is 0 Å². The van der Waals surface area contributed by atoms with E-state index in [1.54, 1.807) is 12.3 Å². The predicted octanol–water partition coefficient (Wildman–Crippen LogP) is 3.53. The van der Waals surface area contributed by atoms with E-state index in [0.29, 0.717) is 16.1 Å². The summed E-state index contributed by atoms with van der Waals surface area (Å²) in [6.45, 7) is 2.08. The van der Waals surface area contributed by atoms with E-state index < -0.39 is 0 Å². The van der Waals surface area contributed by atoms with Crippen LogP contribution < -0.4 is 0 Å². The first kappa shape index (κ1) is 11.8. The Morgan fingerprint density at radius 3 is 2.53 bits per heavy atom. The standard InChI is InChI=1S/C14H12ClNO/c1-2-10-3-5-11(6-4-10)14(17)12-9-16-8-7-13(12)15/h3-9H,2H2,1H3. The molecule has 0 saturated heterocycles. The van der Waals surface area contributed by atoms with Crippen LogP contribution in [0.25, 0.3) is 0 Å². The topological polar surface area (TPSA) is 30.0 Å². The zero-order valence-electron chi connectivity index (χ0n) is 9.48. The van der Waals surface area contributed by atoms with Crippen molar-refractivity contribution in [3.8, 4) is 0 Å². The molecule has 0 amide bonds. The average Bonchev–Trinajstić information content (AvgIpc) is 2.39. The summed E-state index contributed by atoms with van der Waals surface area (Å²) in [4.78, 5) is 16.1. The lowest BCUT2D eigenvalue weighted by Gasteiger charge is -2.03. The number of carbonyl (C=O) groups is 1. The summed E-state index contributed by atoms with van der Waals surface area (Å²) >= 11 is 5.97. The fourth-order valence-corrected chi connectivity index (χ4v) is 1.78. The number of hydrogen-bond donors (Lipinski definition) is 0. The van der Waals surface area contributed by atoms with Crippen LogP contribution in [0.2, 0.25) is 5.02 Å². The summed E-state index contributed by atoms with van der Waals surface area (Å²) in [6.07, 6.45) is 4.03. The third-order valence-corrected chi connectivity index (χ3v) is 2.97. The van der Waals surface area contributed by atoms with Crippen molar-refractivity contribution in [2.24, 2.45) is 0 Å². The van der Waals surface area contributed by atoms with Crippen LogP contribution >= 0.6 is 11.6 Å². The Morgan fingerprint density at radius 1 is 1.24 bits per heavy atom. The molecule has 1 heterocycles. The Bertz CT molecular complexity index is 534. The number of hydrogen-bond acceptors (Lipinski definition) is 2. The molecule has 0 saturated carbocycles. The monoisotopic (exact) mass is 245 g/mol. The van der Waals surface area contributed by atoms with Crippen molar-refractivity contribution in [1.82, 2.24) is 4.98 Å². The quantitative estimate of drug-likeness (QED) is 0.775. The van der Waals surface area contributed by atoms with Crippen LogP contribution in [0.4, 0.5) is 0 Å². The van der Waals surface area contributed by atoms with Gasteiger partial charge in [0.1, 0.15) is 0 Å². The van der Waals surface area contributed by atoms with E-state index in [0.717, 1.165) is 6.42 Å². The maximum Gasteiger partial charge on any atom is 0.196 e. The van der Waals surface area contributed by atoms with Crippen molar-refractivity contribution >= 4 is 17.4 Å². The van der Waals surface area contributed by atoms with Crippen LogP contribution in [0.3, 0.4) is 0 Å². The molecule has 0 unspecified atom stereocenters. The number of halogens is 1. The molecule has 86 valence electrons. The number of rotatable bonds is 3. The van der Waals surface area contributed by atoms with Crippen LogP contribution in [-0.4, -0.2) is 10.8 Å². The number of ketones is 1. The molecular formula is C14H12ClNO. The molecule has 0 atom stereocenters. The van der Waals surface area contributed by atoms with E-state index >= 15 is 0 Å². The molecular weight excluding hydrogens is 234 g/mol. The third kappa shape index (κ3) is 2.53. The second-order valence-electron chi connectivity index (χ2n) is 3.74. The molecule has 3 heteroatoms. The SMILES string of the molecule is CCc1ccc(C(=O)c2cnccc2Cl)cc1. The number of pyridine rings is 1. The molecule has 0 N–H and O–H groups in total. The van der Waals surface area contributed by atoms with Crippen molar-refractivity contribution in [3.05, 3.63) is 64.4 Å². The summed E-state index contributed by atoms with van der Waals surface area (Å²) in [7, 11) is 0. The van der Waals surface area contributed by atoms with Crippen molar-refractivity contribution < 1.29 is 4.79 Å². The summed E-state index contributed by atoms with van der Waals surface area (Å²) < 4.78 is 0. The van der Waals surface area contributed by atoms with Crippen molar-refractivity contribution in [3.63, 3.8) is 0 Å².